The first-order valence-corrected chi connectivity index (χ1v) is 4.65. The summed E-state index contributed by atoms with van der Waals surface area (Å²) >= 11 is -0.920. The van der Waals surface area contributed by atoms with Gasteiger partial charge in [0.05, 0.1) is 0 Å². The van der Waals surface area contributed by atoms with Crippen molar-refractivity contribution in [1.29, 1.82) is 0 Å². The molecule has 1 aliphatic heterocycles. The third kappa shape index (κ3) is 1.97. The second-order valence-electron chi connectivity index (χ2n) is 2.51. The third-order valence-electron chi connectivity index (χ3n) is 1.46. The smallest absolute Gasteiger partial charge is 0.178 e. The van der Waals surface area contributed by atoms with Crippen molar-refractivity contribution in [2.24, 2.45) is 0 Å². The lowest BCUT2D eigenvalue weighted by atomic mass is 10.3. The lowest BCUT2D eigenvalue weighted by molar-refractivity contribution is -0.114. The second kappa shape index (κ2) is 3.37. The van der Waals surface area contributed by atoms with Crippen LogP contribution in [0, 0.1) is 0 Å². The van der Waals surface area contributed by atoms with Crippen LogP contribution in [-0.4, -0.2) is 34.4 Å². The lowest BCUT2D eigenvalue weighted by Gasteiger charge is -2.28. The molecule has 3 nitrogen and oxygen atoms in total. The quantitative estimate of drug-likeness (QED) is 0.557. The van der Waals surface area contributed by atoms with E-state index in [0.29, 0.717) is 0 Å². The van der Waals surface area contributed by atoms with Crippen LogP contribution in [0.25, 0.3) is 0 Å². The molecule has 1 N–H and O–H groups in total. The van der Waals surface area contributed by atoms with E-state index in [4.69, 9.17) is 0 Å². The summed E-state index contributed by atoms with van der Waals surface area (Å²) in [6.07, 6.45) is 0. The van der Waals surface area contributed by atoms with Gasteiger partial charge in [-0.3, -0.25) is 4.79 Å². The Labute approximate surface area is 63.4 Å². The van der Waals surface area contributed by atoms with Gasteiger partial charge in [-0.1, -0.05) is 0 Å². The van der Waals surface area contributed by atoms with Crippen molar-refractivity contribution in [3.63, 3.8) is 0 Å². The number of ketones is 1. The van der Waals surface area contributed by atoms with Gasteiger partial charge in [-0.15, -0.1) is 0 Å². The number of Topliss-reactive ketones (excluding diaryl/α,β-unsaturated/α-hetero) is 1. The maximum Gasteiger partial charge on any atom is 0.178 e. The number of carbonyl (C=O) groups excluding carboxylic acids is 1. The molecule has 0 aliphatic carbocycles. The molecule has 0 amide bonds. The van der Waals surface area contributed by atoms with Gasteiger partial charge in [0.25, 0.3) is 0 Å². The molecular weight excluding hydrogens is 150 g/mol. The Morgan fingerprint density at radius 1 is 1.80 bits per heavy atom. The molecule has 1 rings (SSSR count). The molecule has 1 atom stereocenters. The zero-order valence-corrected chi connectivity index (χ0v) is 6.74. The van der Waals surface area contributed by atoms with Crippen LogP contribution in [0.2, 0.25) is 0 Å². The number of rotatable bonds is 3. The highest BCUT2D eigenvalue weighted by molar-refractivity contribution is 7.92. The van der Waals surface area contributed by atoms with Crippen LogP contribution >= 0.6 is 0 Å². The topological polar surface area (TPSA) is 52.2 Å². The molecule has 1 heterocycles. The van der Waals surface area contributed by atoms with Crippen molar-refractivity contribution in [1.82, 2.24) is 5.32 Å². The highest BCUT2D eigenvalue weighted by Gasteiger charge is 2.29. The predicted octanol–water partition coefficient (Wildman–Crippen LogP) is -0.704. The van der Waals surface area contributed by atoms with E-state index in [9.17, 15) is 9.35 Å². The normalized spacial score (nSPS) is 21.8. The van der Waals surface area contributed by atoms with E-state index in [2.05, 4.69) is 5.32 Å². The molecule has 0 spiro atoms. The molecule has 0 aromatic rings. The molecule has 1 aliphatic rings. The Hall–Kier alpha value is -0.0600. The summed E-state index contributed by atoms with van der Waals surface area (Å²) in [5.41, 5.74) is 0. The summed E-state index contributed by atoms with van der Waals surface area (Å²) < 4.78 is 11.1. The molecule has 1 saturated heterocycles. The van der Waals surface area contributed by atoms with Crippen LogP contribution in [0.1, 0.15) is 6.92 Å². The molecule has 0 aromatic carbocycles. The Kier molecular flexibility index (Phi) is 2.71. The Morgan fingerprint density at radius 3 is 2.70 bits per heavy atom. The van der Waals surface area contributed by atoms with Gasteiger partial charge < -0.3 is 9.87 Å². The van der Waals surface area contributed by atoms with Crippen LogP contribution in [-0.2, 0) is 16.0 Å². The highest BCUT2D eigenvalue weighted by atomic mass is 32.2. The average Bonchev–Trinajstić information content (AvgIpc) is 1.55. The van der Waals surface area contributed by atoms with E-state index in [1.54, 1.807) is 0 Å². The first kappa shape index (κ1) is 8.04. The minimum Gasteiger partial charge on any atom is -0.616 e. The zero-order chi connectivity index (χ0) is 7.56. The molecular formula is C6H11NO2S. The fourth-order valence-corrected chi connectivity index (χ4v) is 2.01. The molecule has 1 unspecified atom stereocenters. The highest BCUT2D eigenvalue weighted by Crippen LogP contribution is 2.06. The van der Waals surface area contributed by atoms with Crippen LogP contribution in [0.5, 0.6) is 0 Å². The van der Waals surface area contributed by atoms with Gasteiger partial charge in [0, 0.05) is 13.1 Å². The molecule has 4 heteroatoms. The van der Waals surface area contributed by atoms with Crippen LogP contribution in [0.3, 0.4) is 0 Å². The molecule has 1 fully saturated rings. The fraction of sp³-hybridized carbons (Fsp3) is 0.833. The summed E-state index contributed by atoms with van der Waals surface area (Å²) in [4.78, 5) is 10.5. The van der Waals surface area contributed by atoms with Crippen molar-refractivity contribution in [2.75, 3.05) is 18.8 Å². The summed E-state index contributed by atoms with van der Waals surface area (Å²) in [6, 6.07) is 0. The van der Waals surface area contributed by atoms with Crippen LogP contribution in [0.15, 0.2) is 0 Å². The van der Waals surface area contributed by atoms with Crippen LogP contribution < -0.4 is 5.32 Å². The SMILES string of the molecule is CC(=O)C[S+]([O-])C1CNC1. The third-order valence-corrected chi connectivity index (χ3v) is 3.23. The van der Waals surface area contributed by atoms with Gasteiger partial charge >= 0.3 is 0 Å². The Bertz CT molecular complexity index is 136. The first-order valence-electron chi connectivity index (χ1n) is 3.27. The van der Waals surface area contributed by atoms with E-state index in [-0.39, 0.29) is 16.8 Å². The van der Waals surface area contributed by atoms with E-state index in [1.807, 2.05) is 0 Å². The molecule has 58 valence electrons. The maximum absolute atomic E-state index is 11.1. The van der Waals surface area contributed by atoms with Crippen LogP contribution in [0.4, 0.5) is 0 Å². The lowest BCUT2D eigenvalue weighted by Crippen LogP contribution is -2.52. The molecule has 0 bridgehead atoms. The minimum atomic E-state index is -0.920. The Balaban J connectivity index is 2.19. The van der Waals surface area contributed by atoms with Gasteiger partial charge in [-0.2, -0.15) is 0 Å². The summed E-state index contributed by atoms with van der Waals surface area (Å²) in [6.45, 7) is 3.09. The van der Waals surface area contributed by atoms with E-state index in [1.165, 1.54) is 6.92 Å². The number of hydrogen-bond donors (Lipinski definition) is 1. The van der Waals surface area contributed by atoms with Crippen molar-refractivity contribution in [3.8, 4) is 0 Å². The predicted molar refractivity (Wildman–Crippen MR) is 40.3 cm³/mol. The van der Waals surface area contributed by atoms with Gasteiger partial charge in [-0.25, -0.2) is 0 Å². The van der Waals surface area contributed by atoms with Gasteiger partial charge in [-0.05, 0) is 18.1 Å². The monoisotopic (exact) mass is 161 g/mol. The fourth-order valence-electron chi connectivity index (χ4n) is 0.766. The number of carbonyl (C=O) groups is 1. The standard InChI is InChI=1S/C6H11NO2S/c1-5(8)4-10(9)6-2-7-3-6/h6-7H,2-4H2,1H3. The maximum atomic E-state index is 11.1. The average molecular weight is 161 g/mol. The number of nitrogens with one attached hydrogen (secondary N) is 1. The second-order valence-corrected chi connectivity index (χ2v) is 4.22. The van der Waals surface area contributed by atoms with E-state index in [0.717, 1.165) is 13.1 Å². The Morgan fingerprint density at radius 2 is 2.40 bits per heavy atom. The number of hydrogen-bond acceptors (Lipinski definition) is 3. The summed E-state index contributed by atoms with van der Waals surface area (Å²) in [5, 5.41) is 3.24. The molecule has 0 saturated carbocycles. The summed E-state index contributed by atoms with van der Waals surface area (Å²) in [7, 11) is 0. The summed E-state index contributed by atoms with van der Waals surface area (Å²) in [5.74, 6) is 0.247. The van der Waals surface area contributed by atoms with Crippen molar-refractivity contribution < 1.29 is 9.35 Å². The molecule has 0 aromatic heterocycles. The molecule has 0 radical (unpaired) electrons. The van der Waals surface area contributed by atoms with Crippen molar-refractivity contribution in [2.45, 2.75) is 12.2 Å². The largest absolute Gasteiger partial charge is 0.616 e. The first-order chi connectivity index (χ1) is 4.70. The van der Waals surface area contributed by atoms with Crippen molar-refractivity contribution in [3.05, 3.63) is 0 Å². The van der Waals surface area contributed by atoms with Gasteiger partial charge in [0.1, 0.15) is 5.25 Å². The zero-order valence-electron chi connectivity index (χ0n) is 5.92. The van der Waals surface area contributed by atoms with E-state index < -0.39 is 11.2 Å². The minimum absolute atomic E-state index is 0.0187. The van der Waals surface area contributed by atoms with E-state index >= 15 is 0 Å². The van der Waals surface area contributed by atoms with Crippen molar-refractivity contribution >= 4 is 17.0 Å². The van der Waals surface area contributed by atoms with Gasteiger partial charge in [0.2, 0.25) is 0 Å². The van der Waals surface area contributed by atoms with Gasteiger partial charge in [0.15, 0.2) is 11.5 Å². The molecule has 10 heavy (non-hydrogen) atoms.